The highest BCUT2D eigenvalue weighted by atomic mass is 16.5. The van der Waals surface area contributed by atoms with E-state index in [1.807, 2.05) is 6.92 Å². The lowest BCUT2D eigenvalue weighted by Gasteiger charge is -2.32. The van der Waals surface area contributed by atoms with Crippen LogP contribution < -0.4 is 5.32 Å². The van der Waals surface area contributed by atoms with Crippen molar-refractivity contribution >= 4 is 11.7 Å². The number of aliphatic imine (C=N–C) groups is 1. The van der Waals surface area contributed by atoms with Crippen molar-refractivity contribution in [3.05, 3.63) is 0 Å². The standard InChI is InChI=1S/C12H21N3O2/c1-3-5-15-6-7-17-10(8-15)11-13-9(4-2)12(16)14-11/h9-10H,3-8H2,1-2H3,(H,13,14,16). The highest BCUT2D eigenvalue weighted by Gasteiger charge is 2.32. The zero-order valence-corrected chi connectivity index (χ0v) is 10.6. The lowest BCUT2D eigenvalue weighted by atomic mass is 10.2. The zero-order chi connectivity index (χ0) is 12.3. The second kappa shape index (κ2) is 5.60. The van der Waals surface area contributed by atoms with Gasteiger partial charge in [0, 0.05) is 13.1 Å². The van der Waals surface area contributed by atoms with Gasteiger partial charge in [-0.2, -0.15) is 0 Å². The first kappa shape index (κ1) is 12.5. The first-order chi connectivity index (χ1) is 8.24. The fourth-order valence-electron chi connectivity index (χ4n) is 2.30. The van der Waals surface area contributed by atoms with Gasteiger partial charge in [0.2, 0.25) is 5.91 Å². The van der Waals surface area contributed by atoms with Crippen molar-refractivity contribution in [3.8, 4) is 0 Å². The molecular formula is C12H21N3O2. The highest BCUT2D eigenvalue weighted by molar-refractivity contribution is 6.07. The van der Waals surface area contributed by atoms with E-state index in [0.29, 0.717) is 0 Å². The number of hydrogen-bond acceptors (Lipinski definition) is 4. The molecule has 0 saturated carbocycles. The molecular weight excluding hydrogens is 218 g/mol. The number of amides is 1. The molecule has 17 heavy (non-hydrogen) atoms. The first-order valence-electron chi connectivity index (χ1n) is 6.47. The zero-order valence-electron chi connectivity index (χ0n) is 10.6. The molecule has 96 valence electrons. The number of ether oxygens (including phenoxy) is 1. The predicted molar refractivity (Wildman–Crippen MR) is 66.1 cm³/mol. The van der Waals surface area contributed by atoms with Gasteiger partial charge in [0.1, 0.15) is 18.0 Å². The third-order valence-electron chi connectivity index (χ3n) is 3.23. The minimum Gasteiger partial charge on any atom is -0.368 e. The first-order valence-corrected chi connectivity index (χ1v) is 6.47. The Hall–Kier alpha value is -0.940. The van der Waals surface area contributed by atoms with Crippen LogP contribution >= 0.6 is 0 Å². The van der Waals surface area contributed by atoms with E-state index < -0.39 is 0 Å². The maximum atomic E-state index is 11.6. The van der Waals surface area contributed by atoms with E-state index in [0.717, 1.165) is 44.9 Å². The van der Waals surface area contributed by atoms with Gasteiger partial charge in [-0.3, -0.25) is 14.7 Å². The Balaban J connectivity index is 1.96. The monoisotopic (exact) mass is 239 g/mol. The smallest absolute Gasteiger partial charge is 0.250 e. The predicted octanol–water partition coefficient (Wildman–Crippen LogP) is 0.404. The molecule has 1 amide bonds. The molecule has 0 aromatic heterocycles. The van der Waals surface area contributed by atoms with Gasteiger partial charge in [-0.1, -0.05) is 13.8 Å². The number of nitrogens with zero attached hydrogens (tertiary/aromatic N) is 2. The van der Waals surface area contributed by atoms with Crippen LogP contribution in [0.3, 0.4) is 0 Å². The van der Waals surface area contributed by atoms with Crippen molar-refractivity contribution in [3.63, 3.8) is 0 Å². The number of morpholine rings is 1. The van der Waals surface area contributed by atoms with Crippen LogP contribution in [0.4, 0.5) is 0 Å². The highest BCUT2D eigenvalue weighted by Crippen LogP contribution is 2.12. The number of amidine groups is 1. The molecule has 2 rings (SSSR count). The van der Waals surface area contributed by atoms with E-state index in [2.05, 4.69) is 22.1 Å². The van der Waals surface area contributed by atoms with Gasteiger partial charge in [-0.15, -0.1) is 0 Å². The van der Waals surface area contributed by atoms with Crippen molar-refractivity contribution in [1.29, 1.82) is 0 Å². The molecule has 0 aliphatic carbocycles. The van der Waals surface area contributed by atoms with Gasteiger partial charge in [-0.05, 0) is 19.4 Å². The molecule has 1 fully saturated rings. The second-order valence-electron chi connectivity index (χ2n) is 4.59. The minimum absolute atomic E-state index is 0.0127. The van der Waals surface area contributed by atoms with Crippen LogP contribution in [-0.4, -0.2) is 55.0 Å². The van der Waals surface area contributed by atoms with Crippen LogP contribution in [0, 0.1) is 0 Å². The third-order valence-corrected chi connectivity index (χ3v) is 3.23. The summed E-state index contributed by atoms with van der Waals surface area (Å²) in [6.07, 6.45) is 1.83. The van der Waals surface area contributed by atoms with Crippen LogP contribution in [0.2, 0.25) is 0 Å². The molecule has 2 atom stereocenters. The Morgan fingerprint density at radius 3 is 3.00 bits per heavy atom. The van der Waals surface area contributed by atoms with Gasteiger partial charge in [-0.25, -0.2) is 0 Å². The SMILES string of the molecule is CCCN1CCOC(C2=NC(CC)C(=O)N2)C1. The van der Waals surface area contributed by atoms with E-state index in [4.69, 9.17) is 4.74 Å². The fourth-order valence-corrected chi connectivity index (χ4v) is 2.30. The van der Waals surface area contributed by atoms with Crippen molar-refractivity contribution < 1.29 is 9.53 Å². The van der Waals surface area contributed by atoms with E-state index in [1.54, 1.807) is 0 Å². The summed E-state index contributed by atoms with van der Waals surface area (Å²) < 4.78 is 5.69. The number of hydrogen-bond donors (Lipinski definition) is 1. The van der Waals surface area contributed by atoms with Gasteiger partial charge in [0.25, 0.3) is 0 Å². The van der Waals surface area contributed by atoms with E-state index in [9.17, 15) is 4.79 Å². The van der Waals surface area contributed by atoms with Gasteiger partial charge >= 0.3 is 0 Å². The molecule has 2 aliphatic heterocycles. The lowest BCUT2D eigenvalue weighted by molar-refractivity contribution is -0.120. The summed E-state index contributed by atoms with van der Waals surface area (Å²) in [5.74, 6) is 0.737. The minimum atomic E-state index is -0.213. The third kappa shape index (κ3) is 2.84. The largest absolute Gasteiger partial charge is 0.368 e. The van der Waals surface area contributed by atoms with Crippen LogP contribution in [0.1, 0.15) is 26.7 Å². The Morgan fingerprint density at radius 2 is 2.35 bits per heavy atom. The van der Waals surface area contributed by atoms with Crippen LogP contribution in [0.25, 0.3) is 0 Å². The molecule has 2 heterocycles. The molecule has 5 nitrogen and oxygen atoms in total. The molecule has 1 N–H and O–H groups in total. The molecule has 0 bridgehead atoms. The molecule has 0 radical (unpaired) electrons. The van der Waals surface area contributed by atoms with E-state index in [-0.39, 0.29) is 18.1 Å². The van der Waals surface area contributed by atoms with Gasteiger partial charge < -0.3 is 10.1 Å². The average molecular weight is 239 g/mol. The Kier molecular flexibility index (Phi) is 4.12. The number of carbonyl (C=O) groups excluding carboxylic acids is 1. The Bertz CT molecular complexity index is 315. The maximum absolute atomic E-state index is 11.6. The van der Waals surface area contributed by atoms with E-state index in [1.165, 1.54) is 0 Å². The summed E-state index contributed by atoms with van der Waals surface area (Å²) in [4.78, 5) is 18.3. The number of nitrogens with one attached hydrogen (secondary N) is 1. The Labute approximate surface area is 102 Å². The number of carbonyl (C=O) groups is 1. The van der Waals surface area contributed by atoms with Crippen LogP contribution in [0.5, 0.6) is 0 Å². The molecule has 0 spiro atoms. The fraction of sp³-hybridized carbons (Fsp3) is 0.833. The summed E-state index contributed by atoms with van der Waals surface area (Å²) in [6.45, 7) is 7.76. The molecule has 1 saturated heterocycles. The summed E-state index contributed by atoms with van der Waals surface area (Å²) >= 11 is 0. The number of rotatable bonds is 4. The van der Waals surface area contributed by atoms with Crippen molar-refractivity contribution in [2.75, 3.05) is 26.2 Å². The van der Waals surface area contributed by atoms with Crippen LogP contribution in [0.15, 0.2) is 4.99 Å². The average Bonchev–Trinajstić information content (AvgIpc) is 2.71. The summed E-state index contributed by atoms with van der Waals surface area (Å²) in [5, 5.41) is 2.85. The van der Waals surface area contributed by atoms with E-state index >= 15 is 0 Å². The quantitative estimate of drug-likeness (QED) is 0.773. The van der Waals surface area contributed by atoms with Crippen molar-refractivity contribution in [2.24, 2.45) is 4.99 Å². The second-order valence-corrected chi connectivity index (χ2v) is 4.59. The summed E-state index contributed by atoms with van der Waals surface area (Å²) in [6, 6.07) is -0.213. The summed E-state index contributed by atoms with van der Waals surface area (Å²) in [5.41, 5.74) is 0. The molecule has 2 aliphatic rings. The van der Waals surface area contributed by atoms with Crippen LogP contribution in [-0.2, 0) is 9.53 Å². The van der Waals surface area contributed by atoms with Gasteiger partial charge in [0.15, 0.2) is 0 Å². The normalized spacial score (nSPS) is 30.2. The molecule has 0 aromatic rings. The molecule has 2 unspecified atom stereocenters. The molecule has 5 heteroatoms. The van der Waals surface area contributed by atoms with Crippen molar-refractivity contribution in [1.82, 2.24) is 10.2 Å². The van der Waals surface area contributed by atoms with Gasteiger partial charge in [0.05, 0.1) is 6.61 Å². The topological polar surface area (TPSA) is 53.9 Å². The summed E-state index contributed by atoms with van der Waals surface area (Å²) in [7, 11) is 0. The maximum Gasteiger partial charge on any atom is 0.250 e. The lowest BCUT2D eigenvalue weighted by Crippen LogP contribution is -2.49. The Morgan fingerprint density at radius 1 is 1.53 bits per heavy atom. The molecule has 0 aromatic carbocycles. The van der Waals surface area contributed by atoms with Crippen molar-refractivity contribution in [2.45, 2.75) is 38.8 Å².